The maximum absolute atomic E-state index is 11.3. The minimum absolute atomic E-state index is 0.0370. The molecule has 1 amide bonds. The lowest BCUT2D eigenvalue weighted by Crippen LogP contribution is -2.28. The molecular formula is C12H19NO2. The third-order valence-electron chi connectivity index (χ3n) is 3.46. The minimum atomic E-state index is -0.280. The molecule has 1 rings (SSSR count). The molecule has 0 radical (unpaired) electrons. The molecule has 0 aromatic carbocycles. The Labute approximate surface area is 91.0 Å². The van der Waals surface area contributed by atoms with Crippen molar-refractivity contribution in [1.82, 2.24) is 0 Å². The Bertz CT molecular complexity index is 276. The van der Waals surface area contributed by atoms with Crippen LogP contribution in [-0.2, 0) is 9.59 Å². The summed E-state index contributed by atoms with van der Waals surface area (Å²) in [7, 11) is 0. The van der Waals surface area contributed by atoms with Crippen LogP contribution >= 0.6 is 0 Å². The van der Waals surface area contributed by atoms with Gasteiger partial charge >= 0.3 is 0 Å². The normalized spacial score (nSPS) is 26.9. The van der Waals surface area contributed by atoms with Crippen molar-refractivity contribution >= 4 is 12.0 Å². The Hall–Kier alpha value is -0.950. The van der Waals surface area contributed by atoms with Crippen LogP contribution in [0.3, 0.4) is 0 Å². The van der Waals surface area contributed by atoms with Crippen molar-refractivity contribution in [2.24, 2.45) is 22.2 Å². The van der Waals surface area contributed by atoms with Gasteiger partial charge < -0.3 is 0 Å². The Morgan fingerprint density at radius 3 is 2.13 bits per heavy atom. The predicted octanol–water partition coefficient (Wildman–Crippen LogP) is 2.70. The highest BCUT2D eigenvalue weighted by molar-refractivity contribution is 5.83. The standard InChI is InChI=1S/C12H19NO2/c1-12(2,3)10-6-4-9(5-7-10)11(15)13-8-14/h9-10H,4-7H2,1-3H3. The zero-order valence-electron chi connectivity index (χ0n) is 9.75. The first-order valence-corrected chi connectivity index (χ1v) is 5.57. The average Bonchev–Trinajstić information content (AvgIpc) is 2.17. The van der Waals surface area contributed by atoms with E-state index in [1.54, 1.807) is 0 Å². The van der Waals surface area contributed by atoms with E-state index >= 15 is 0 Å². The van der Waals surface area contributed by atoms with Gasteiger partial charge in [0.15, 0.2) is 0 Å². The molecule has 0 bridgehead atoms. The summed E-state index contributed by atoms with van der Waals surface area (Å²) in [6.07, 6.45) is 5.19. The maximum Gasteiger partial charge on any atom is 0.259 e. The Balaban J connectivity index is 2.49. The second kappa shape index (κ2) is 4.71. The summed E-state index contributed by atoms with van der Waals surface area (Å²) < 4.78 is 0. The summed E-state index contributed by atoms with van der Waals surface area (Å²) in [6, 6.07) is 0. The van der Waals surface area contributed by atoms with Gasteiger partial charge in [0, 0.05) is 5.92 Å². The second-order valence-corrected chi connectivity index (χ2v) is 5.46. The van der Waals surface area contributed by atoms with Gasteiger partial charge in [-0.15, -0.1) is 4.99 Å². The van der Waals surface area contributed by atoms with Crippen LogP contribution in [0.4, 0.5) is 0 Å². The van der Waals surface area contributed by atoms with Crippen molar-refractivity contribution in [1.29, 1.82) is 0 Å². The van der Waals surface area contributed by atoms with Crippen molar-refractivity contribution in [2.75, 3.05) is 0 Å². The number of hydrogen-bond acceptors (Lipinski definition) is 2. The number of amides is 1. The summed E-state index contributed by atoms with van der Waals surface area (Å²) in [6.45, 7) is 6.72. The quantitative estimate of drug-likeness (QED) is 0.492. The van der Waals surface area contributed by atoms with Gasteiger partial charge in [-0.25, -0.2) is 4.79 Å². The molecule has 0 atom stereocenters. The van der Waals surface area contributed by atoms with Crippen molar-refractivity contribution in [2.45, 2.75) is 46.5 Å². The summed E-state index contributed by atoms with van der Waals surface area (Å²) in [5.74, 6) is 0.365. The fourth-order valence-corrected chi connectivity index (χ4v) is 2.34. The monoisotopic (exact) mass is 209 g/mol. The Morgan fingerprint density at radius 2 is 1.73 bits per heavy atom. The van der Waals surface area contributed by atoms with E-state index in [1.165, 1.54) is 6.08 Å². The van der Waals surface area contributed by atoms with Crippen molar-refractivity contribution in [3.05, 3.63) is 0 Å². The highest BCUT2D eigenvalue weighted by atomic mass is 16.2. The van der Waals surface area contributed by atoms with Gasteiger partial charge in [-0.05, 0) is 37.0 Å². The molecule has 0 aliphatic heterocycles. The topological polar surface area (TPSA) is 46.5 Å². The molecule has 0 N–H and O–H groups in total. The van der Waals surface area contributed by atoms with Crippen molar-refractivity contribution in [3.8, 4) is 0 Å². The lowest BCUT2D eigenvalue weighted by Gasteiger charge is -2.35. The molecule has 1 saturated carbocycles. The molecule has 84 valence electrons. The van der Waals surface area contributed by atoms with Crippen LogP contribution < -0.4 is 0 Å². The lowest BCUT2D eigenvalue weighted by atomic mass is 9.70. The Morgan fingerprint density at radius 1 is 1.20 bits per heavy atom. The molecular weight excluding hydrogens is 190 g/mol. The smallest absolute Gasteiger partial charge is 0.259 e. The van der Waals surface area contributed by atoms with E-state index < -0.39 is 0 Å². The predicted molar refractivity (Wildman–Crippen MR) is 58.0 cm³/mol. The number of rotatable bonds is 1. The lowest BCUT2D eigenvalue weighted by molar-refractivity contribution is -0.123. The summed E-state index contributed by atoms with van der Waals surface area (Å²) in [5, 5.41) is 0. The number of aliphatic imine (C=N–C) groups is 1. The highest BCUT2D eigenvalue weighted by Gasteiger charge is 2.32. The largest absolute Gasteiger partial charge is 0.271 e. The van der Waals surface area contributed by atoms with Crippen molar-refractivity contribution in [3.63, 3.8) is 0 Å². The second-order valence-electron chi connectivity index (χ2n) is 5.46. The number of hydrogen-bond donors (Lipinski definition) is 0. The van der Waals surface area contributed by atoms with Crippen LogP contribution in [0.25, 0.3) is 0 Å². The number of isocyanates is 1. The van der Waals surface area contributed by atoms with E-state index in [0.29, 0.717) is 11.3 Å². The number of carbonyl (C=O) groups is 1. The zero-order chi connectivity index (χ0) is 11.5. The maximum atomic E-state index is 11.3. The van der Waals surface area contributed by atoms with Gasteiger partial charge in [0.25, 0.3) is 5.91 Å². The van der Waals surface area contributed by atoms with E-state index in [2.05, 4.69) is 25.8 Å². The molecule has 3 nitrogen and oxygen atoms in total. The summed E-state index contributed by atoms with van der Waals surface area (Å²) >= 11 is 0. The first kappa shape index (κ1) is 12.1. The van der Waals surface area contributed by atoms with E-state index in [0.717, 1.165) is 25.7 Å². The first-order chi connectivity index (χ1) is 6.95. The molecule has 3 heteroatoms. The molecule has 15 heavy (non-hydrogen) atoms. The summed E-state index contributed by atoms with van der Waals surface area (Å²) in [4.78, 5) is 24.5. The van der Waals surface area contributed by atoms with Gasteiger partial charge in [0.2, 0.25) is 6.08 Å². The Kier molecular flexibility index (Phi) is 3.81. The fourth-order valence-electron chi connectivity index (χ4n) is 2.34. The number of nitrogens with zero attached hydrogens (tertiary/aromatic N) is 1. The average molecular weight is 209 g/mol. The third kappa shape index (κ3) is 3.28. The van der Waals surface area contributed by atoms with Gasteiger partial charge in [-0.2, -0.15) is 0 Å². The van der Waals surface area contributed by atoms with Crippen LogP contribution in [-0.4, -0.2) is 12.0 Å². The SMILES string of the molecule is CC(C)(C)C1CCC(C(=O)N=C=O)CC1. The third-order valence-corrected chi connectivity index (χ3v) is 3.46. The van der Waals surface area contributed by atoms with E-state index in [-0.39, 0.29) is 11.8 Å². The molecule has 0 heterocycles. The van der Waals surface area contributed by atoms with Crippen LogP contribution in [0.5, 0.6) is 0 Å². The van der Waals surface area contributed by atoms with Crippen LogP contribution in [0.2, 0.25) is 0 Å². The molecule has 1 aliphatic rings. The van der Waals surface area contributed by atoms with Crippen LogP contribution in [0.1, 0.15) is 46.5 Å². The zero-order valence-corrected chi connectivity index (χ0v) is 9.75. The van der Waals surface area contributed by atoms with Crippen LogP contribution in [0, 0.1) is 17.3 Å². The van der Waals surface area contributed by atoms with E-state index in [9.17, 15) is 9.59 Å². The van der Waals surface area contributed by atoms with Crippen molar-refractivity contribution < 1.29 is 9.59 Å². The first-order valence-electron chi connectivity index (χ1n) is 5.57. The van der Waals surface area contributed by atoms with E-state index in [4.69, 9.17) is 0 Å². The molecule has 0 aromatic rings. The molecule has 0 spiro atoms. The van der Waals surface area contributed by atoms with Crippen LogP contribution in [0.15, 0.2) is 4.99 Å². The molecule has 0 aromatic heterocycles. The summed E-state index contributed by atoms with van der Waals surface area (Å²) in [5.41, 5.74) is 0.321. The minimum Gasteiger partial charge on any atom is -0.271 e. The fraction of sp³-hybridized carbons (Fsp3) is 0.833. The van der Waals surface area contributed by atoms with Gasteiger partial charge in [0.1, 0.15) is 0 Å². The highest BCUT2D eigenvalue weighted by Crippen LogP contribution is 2.39. The molecule has 0 saturated heterocycles. The van der Waals surface area contributed by atoms with Gasteiger partial charge in [-0.1, -0.05) is 20.8 Å². The molecule has 0 unspecified atom stereocenters. The molecule has 1 fully saturated rings. The molecule has 1 aliphatic carbocycles. The van der Waals surface area contributed by atoms with Gasteiger partial charge in [0.05, 0.1) is 0 Å². The number of carbonyl (C=O) groups excluding carboxylic acids is 2. The van der Waals surface area contributed by atoms with Gasteiger partial charge in [-0.3, -0.25) is 4.79 Å². The van der Waals surface area contributed by atoms with E-state index in [1.807, 2.05) is 0 Å².